The van der Waals surface area contributed by atoms with Crippen LogP contribution in [0.2, 0.25) is 0 Å². The number of ketones is 1. The summed E-state index contributed by atoms with van der Waals surface area (Å²) in [6, 6.07) is 9.58. The average Bonchev–Trinajstić information content (AvgIpc) is 2.77. The number of aliphatic carboxylic acids is 1. The van der Waals surface area contributed by atoms with Crippen molar-refractivity contribution >= 4 is 11.8 Å². The lowest BCUT2D eigenvalue weighted by Gasteiger charge is -2.13. The summed E-state index contributed by atoms with van der Waals surface area (Å²) in [6.07, 6.45) is 4.53. The predicted molar refractivity (Wildman–Crippen MR) is 91.4 cm³/mol. The van der Waals surface area contributed by atoms with Crippen LogP contribution in [-0.2, 0) is 9.59 Å². The van der Waals surface area contributed by atoms with Crippen molar-refractivity contribution in [3.63, 3.8) is 0 Å². The molecule has 1 aromatic rings. The summed E-state index contributed by atoms with van der Waals surface area (Å²) in [5, 5.41) is 27.2. The Balaban J connectivity index is 0.000000648. The molecule has 0 bridgehead atoms. The van der Waals surface area contributed by atoms with Crippen LogP contribution < -0.4 is 0 Å². The number of benzene rings is 1. The van der Waals surface area contributed by atoms with Crippen molar-refractivity contribution in [1.82, 2.24) is 0 Å². The number of aliphatic hydroxyl groups is 2. The van der Waals surface area contributed by atoms with Crippen LogP contribution in [0.5, 0.6) is 0 Å². The molecule has 1 unspecified atom stereocenters. The van der Waals surface area contributed by atoms with Gasteiger partial charge in [0.15, 0.2) is 0 Å². The van der Waals surface area contributed by atoms with E-state index in [1.165, 1.54) is 0 Å². The van der Waals surface area contributed by atoms with Crippen molar-refractivity contribution in [1.29, 1.82) is 0 Å². The fourth-order valence-corrected chi connectivity index (χ4v) is 2.72. The average molecular weight is 334 g/mol. The first-order valence-corrected chi connectivity index (χ1v) is 8.13. The number of carbonyl (C=O) groups is 2. The summed E-state index contributed by atoms with van der Waals surface area (Å²) in [7, 11) is 0. The topological polar surface area (TPSA) is 94.8 Å². The highest BCUT2D eigenvalue weighted by atomic mass is 16.4. The van der Waals surface area contributed by atoms with E-state index < -0.39 is 18.2 Å². The zero-order chi connectivity index (χ0) is 18.1. The van der Waals surface area contributed by atoms with Gasteiger partial charge in [-0.1, -0.05) is 49.4 Å². The number of aliphatic hydroxyl groups excluding tert-OH is 2. The smallest absolute Gasteiger partial charge is 0.300 e. The van der Waals surface area contributed by atoms with Crippen molar-refractivity contribution < 1.29 is 24.9 Å². The van der Waals surface area contributed by atoms with E-state index in [2.05, 4.69) is 0 Å². The van der Waals surface area contributed by atoms with Crippen molar-refractivity contribution in [2.45, 2.75) is 45.3 Å². The monoisotopic (exact) mass is 334 g/mol. The number of carboxylic acid groups (broad SMARTS) is 1. The number of carbonyl (C=O) groups excluding carboxylic acids is 1. The van der Waals surface area contributed by atoms with Crippen molar-refractivity contribution in [3.05, 3.63) is 48.0 Å². The third-order valence-corrected chi connectivity index (χ3v) is 4.09. The van der Waals surface area contributed by atoms with Crippen LogP contribution in [0.4, 0.5) is 0 Å². The molecule has 1 aliphatic rings. The molecule has 0 aromatic heterocycles. The first kappa shape index (κ1) is 20.1. The summed E-state index contributed by atoms with van der Waals surface area (Å²) >= 11 is 0. The minimum absolute atomic E-state index is 0.0728. The molecular weight excluding hydrogens is 308 g/mol. The molecule has 0 saturated heterocycles. The van der Waals surface area contributed by atoms with Gasteiger partial charge < -0.3 is 15.3 Å². The Hall–Kier alpha value is -1.98. The third kappa shape index (κ3) is 6.64. The van der Waals surface area contributed by atoms with E-state index in [4.69, 9.17) is 9.90 Å². The zero-order valence-electron chi connectivity index (χ0n) is 14.1. The molecule has 1 aromatic carbocycles. The van der Waals surface area contributed by atoms with Crippen LogP contribution in [0.15, 0.2) is 42.5 Å². The lowest BCUT2D eigenvalue weighted by Crippen LogP contribution is -2.15. The van der Waals surface area contributed by atoms with Gasteiger partial charge in [-0.2, -0.15) is 0 Å². The molecule has 24 heavy (non-hydrogen) atoms. The third-order valence-electron chi connectivity index (χ3n) is 4.09. The quantitative estimate of drug-likeness (QED) is 0.720. The fourth-order valence-electron chi connectivity index (χ4n) is 2.72. The largest absolute Gasteiger partial charge is 0.481 e. The second kappa shape index (κ2) is 10.0. The molecule has 0 spiro atoms. The summed E-state index contributed by atoms with van der Waals surface area (Å²) in [5.41, 5.74) is 0.922. The number of hydrogen-bond acceptors (Lipinski definition) is 4. The van der Waals surface area contributed by atoms with E-state index in [0.717, 1.165) is 18.9 Å². The molecule has 1 fully saturated rings. The zero-order valence-corrected chi connectivity index (χ0v) is 14.1. The fraction of sp³-hybridized carbons (Fsp3) is 0.474. The molecule has 5 heteroatoms. The van der Waals surface area contributed by atoms with Gasteiger partial charge in [-0.15, -0.1) is 0 Å². The van der Waals surface area contributed by atoms with Crippen molar-refractivity contribution in [2.75, 3.05) is 0 Å². The van der Waals surface area contributed by atoms with Crippen LogP contribution in [0, 0.1) is 11.8 Å². The van der Waals surface area contributed by atoms with E-state index in [0.29, 0.717) is 6.42 Å². The number of rotatable bonds is 5. The molecule has 0 heterocycles. The lowest BCUT2D eigenvalue weighted by atomic mass is 9.95. The van der Waals surface area contributed by atoms with Crippen LogP contribution in [0.25, 0.3) is 0 Å². The lowest BCUT2D eigenvalue weighted by molar-refractivity contribution is -0.134. The maximum atomic E-state index is 11.5. The number of allylic oxidation sites excluding steroid dienone is 1. The molecule has 0 radical (unpaired) electrons. The van der Waals surface area contributed by atoms with Crippen LogP contribution in [0.1, 0.15) is 44.8 Å². The number of hydrogen-bond donors (Lipinski definition) is 3. The van der Waals surface area contributed by atoms with E-state index in [1.807, 2.05) is 49.4 Å². The van der Waals surface area contributed by atoms with E-state index in [-0.39, 0.29) is 24.0 Å². The van der Waals surface area contributed by atoms with Gasteiger partial charge >= 0.3 is 0 Å². The van der Waals surface area contributed by atoms with Gasteiger partial charge in [0.1, 0.15) is 5.78 Å². The Morgan fingerprint density at radius 2 is 1.92 bits per heavy atom. The second-order valence-electron chi connectivity index (χ2n) is 6.05. The van der Waals surface area contributed by atoms with E-state index in [9.17, 15) is 15.0 Å². The van der Waals surface area contributed by atoms with Gasteiger partial charge in [-0.05, 0) is 18.4 Å². The molecule has 132 valence electrons. The van der Waals surface area contributed by atoms with Gasteiger partial charge in [-0.3, -0.25) is 9.59 Å². The SMILES string of the molecule is CC(=O)O.C[C@H]1C(=O)C[C@H](O)[C@@H]1/C=C/CCC(O)c1ccccc1. The number of carboxylic acids is 1. The predicted octanol–water partition coefficient (Wildman–Crippen LogP) is 2.73. The van der Waals surface area contributed by atoms with Gasteiger partial charge in [-0.25, -0.2) is 0 Å². The molecule has 0 amide bonds. The van der Waals surface area contributed by atoms with Crippen LogP contribution in [0.3, 0.4) is 0 Å². The van der Waals surface area contributed by atoms with Gasteiger partial charge in [0.05, 0.1) is 12.2 Å². The Bertz CT molecular complexity index is 548. The minimum atomic E-state index is -0.833. The highest BCUT2D eigenvalue weighted by molar-refractivity contribution is 5.84. The molecule has 4 atom stereocenters. The van der Waals surface area contributed by atoms with Crippen LogP contribution in [-0.4, -0.2) is 33.2 Å². The molecule has 3 N–H and O–H groups in total. The standard InChI is InChI=1S/C17H22O3.C2H4O2/c1-12-14(17(20)11-16(12)19)9-5-6-10-15(18)13-7-3-2-4-8-13;1-2(3)4/h2-5,7-9,12,14-15,17-18,20H,6,10-11H2,1H3;1H3,(H,3,4)/b9-5+;/t12-,14-,15?,17+;/m1./s1. The summed E-state index contributed by atoms with van der Waals surface area (Å²) in [4.78, 5) is 20.5. The highest BCUT2D eigenvalue weighted by Gasteiger charge is 2.36. The normalized spacial score (nSPS) is 24.5. The molecule has 1 saturated carbocycles. The Kier molecular flexibility index (Phi) is 8.36. The van der Waals surface area contributed by atoms with Crippen molar-refractivity contribution in [2.24, 2.45) is 11.8 Å². The summed E-state index contributed by atoms with van der Waals surface area (Å²) in [5.74, 6) is -0.867. The second-order valence-corrected chi connectivity index (χ2v) is 6.05. The van der Waals surface area contributed by atoms with E-state index >= 15 is 0 Å². The maximum Gasteiger partial charge on any atom is 0.300 e. The van der Waals surface area contributed by atoms with Gasteiger partial charge in [0, 0.05) is 25.2 Å². The summed E-state index contributed by atoms with van der Waals surface area (Å²) < 4.78 is 0. The van der Waals surface area contributed by atoms with Crippen molar-refractivity contribution in [3.8, 4) is 0 Å². The molecule has 5 nitrogen and oxygen atoms in total. The maximum absolute atomic E-state index is 11.5. The van der Waals surface area contributed by atoms with E-state index in [1.54, 1.807) is 0 Å². The Morgan fingerprint density at radius 1 is 1.33 bits per heavy atom. The van der Waals surface area contributed by atoms with Crippen LogP contribution >= 0.6 is 0 Å². The molecule has 0 aliphatic heterocycles. The highest BCUT2D eigenvalue weighted by Crippen LogP contribution is 2.30. The summed E-state index contributed by atoms with van der Waals surface area (Å²) in [6.45, 7) is 2.95. The van der Waals surface area contributed by atoms with Gasteiger partial charge in [0.2, 0.25) is 0 Å². The Morgan fingerprint density at radius 3 is 2.42 bits per heavy atom. The number of Topliss-reactive ketones (excluding diaryl/α,β-unsaturated/α-hetero) is 1. The molecular formula is C19H26O5. The first-order chi connectivity index (χ1) is 11.3. The molecule has 1 aliphatic carbocycles. The first-order valence-electron chi connectivity index (χ1n) is 8.13. The Labute approximate surface area is 142 Å². The molecule has 2 rings (SSSR count). The van der Waals surface area contributed by atoms with Gasteiger partial charge in [0.25, 0.3) is 5.97 Å². The minimum Gasteiger partial charge on any atom is -0.481 e.